The Morgan fingerprint density at radius 2 is 2.10 bits per heavy atom. The van der Waals surface area contributed by atoms with Gasteiger partial charge in [-0.3, -0.25) is 9.78 Å². The summed E-state index contributed by atoms with van der Waals surface area (Å²) >= 11 is 0. The standard InChI is InChI=1S/C19H13FN4O5/c1-28-18(26)11-2-3-14(20)12-6-10(29-16(11)12)7-22-19(27)24-9-23-15-4-5-21-8-13(15)17(24)25/h2-6,8-9H,7H2,1H3,(H,22,27). The highest BCUT2D eigenvalue weighted by molar-refractivity contribution is 6.02. The molecule has 1 N–H and O–H groups in total. The second-order valence-corrected chi connectivity index (χ2v) is 6.01. The fraction of sp³-hybridized carbons (Fsp3) is 0.105. The number of ether oxygens (including phenoxy) is 1. The molecule has 0 spiro atoms. The van der Waals surface area contributed by atoms with Crippen LogP contribution in [0.5, 0.6) is 0 Å². The highest BCUT2D eigenvalue weighted by atomic mass is 19.1. The minimum atomic E-state index is -0.748. The van der Waals surface area contributed by atoms with Gasteiger partial charge in [-0.05, 0) is 24.3 Å². The number of esters is 1. The van der Waals surface area contributed by atoms with E-state index in [4.69, 9.17) is 4.42 Å². The Hall–Kier alpha value is -4.08. The van der Waals surface area contributed by atoms with Gasteiger partial charge in [0, 0.05) is 12.4 Å². The number of nitrogens with one attached hydrogen (secondary N) is 1. The van der Waals surface area contributed by atoms with Crippen LogP contribution in [0.1, 0.15) is 16.1 Å². The van der Waals surface area contributed by atoms with E-state index in [0.717, 1.165) is 17.0 Å². The van der Waals surface area contributed by atoms with Crippen LogP contribution >= 0.6 is 0 Å². The lowest BCUT2D eigenvalue weighted by Gasteiger charge is -2.06. The SMILES string of the molecule is COC(=O)c1ccc(F)c2cc(CNC(=O)n3cnc4ccncc4c3=O)oc12. The van der Waals surface area contributed by atoms with Gasteiger partial charge in [-0.25, -0.2) is 23.5 Å². The van der Waals surface area contributed by atoms with Crippen molar-refractivity contribution in [1.29, 1.82) is 0 Å². The summed E-state index contributed by atoms with van der Waals surface area (Å²) in [5, 5.41) is 2.76. The van der Waals surface area contributed by atoms with E-state index in [1.54, 1.807) is 6.07 Å². The first-order valence-electron chi connectivity index (χ1n) is 8.38. The molecule has 0 unspecified atom stereocenters. The third-order valence-electron chi connectivity index (χ3n) is 4.28. The molecule has 4 rings (SSSR count). The second-order valence-electron chi connectivity index (χ2n) is 6.01. The van der Waals surface area contributed by atoms with Gasteiger partial charge >= 0.3 is 12.0 Å². The van der Waals surface area contributed by atoms with Crippen molar-refractivity contribution >= 4 is 33.9 Å². The monoisotopic (exact) mass is 396 g/mol. The van der Waals surface area contributed by atoms with Crippen molar-refractivity contribution in [3.8, 4) is 0 Å². The molecule has 0 fully saturated rings. The van der Waals surface area contributed by atoms with Gasteiger partial charge in [-0.1, -0.05) is 0 Å². The zero-order valence-corrected chi connectivity index (χ0v) is 15.0. The smallest absolute Gasteiger partial charge is 0.341 e. The Bertz CT molecular complexity index is 1330. The number of furan rings is 1. The van der Waals surface area contributed by atoms with E-state index in [-0.39, 0.29) is 34.2 Å². The van der Waals surface area contributed by atoms with Crippen molar-refractivity contribution in [2.75, 3.05) is 7.11 Å². The lowest BCUT2D eigenvalue weighted by molar-refractivity contribution is 0.0601. The van der Waals surface area contributed by atoms with Gasteiger partial charge in [-0.15, -0.1) is 0 Å². The maximum Gasteiger partial charge on any atom is 0.341 e. The third-order valence-corrected chi connectivity index (χ3v) is 4.28. The molecule has 0 aliphatic heterocycles. The Morgan fingerprint density at radius 3 is 2.90 bits per heavy atom. The Labute approximate surface area is 161 Å². The quantitative estimate of drug-likeness (QED) is 0.528. The number of nitrogens with zero attached hydrogens (tertiary/aromatic N) is 3. The number of aromatic nitrogens is 3. The maximum atomic E-state index is 14.1. The van der Waals surface area contributed by atoms with E-state index < -0.39 is 23.4 Å². The van der Waals surface area contributed by atoms with Crippen LogP contribution in [0.2, 0.25) is 0 Å². The molecule has 10 heteroatoms. The molecule has 0 saturated heterocycles. The average molecular weight is 396 g/mol. The van der Waals surface area contributed by atoms with E-state index in [0.29, 0.717) is 5.52 Å². The van der Waals surface area contributed by atoms with Crippen molar-refractivity contribution < 1.29 is 23.1 Å². The molecule has 1 amide bonds. The molecule has 0 radical (unpaired) electrons. The molecule has 9 nitrogen and oxygen atoms in total. The molecular formula is C19H13FN4O5. The number of fused-ring (bicyclic) bond motifs is 2. The van der Waals surface area contributed by atoms with Gasteiger partial charge in [-0.2, -0.15) is 0 Å². The molecule has 3 heterocycles. The molecule has 146 valence electrons. The number of carbonyl (C=O) groups excluding carboxylic acids is 2. The molecule has 0 bridgehead atoms. The van der Waals surface area contributed by atoms with Crippen LogP contribution in [0.15, 0.2) is 52.2 Å². The van der Waals surface area contributed by atoms with Gasteiger partial charge in [0.25, 0.3) is 5.56 Å². The number of pyridine rings is 1. The summed E-state index contributed by atoms with van der Waals surface area (Å²) in [6.45, 7) is -0.148. The number of methoxy groups -OCH3 is 1. The zero-order chi connectivity index (χ0) is 20.5. The predicted octanol–water partition coefficient (Wildman–Crippen LogP) is 2.22. The van der Waals surface area contributed by atoms with E-state index >= 15 is 0 Å². The van der Waals surface area contributed by atoms with Crippen molar-refractivity contribution in [2.24, 2.45) is 0 Å². The molecule has 3 aromatic heterocycles. The first-order valence-corrected chi connectivity index (χ1v) is 8.38. The molecule has 4 aromatic rings. The van der Waals surface area contributed by atoms with Crippen LogP contribution in [0, 0.1) is 5.82 Å². The number of hydrogen-bond acceptors (Lipinski definition) is 7. The predicted molar refractivity (Wildman–Crippen MR) is 98.9 cm³/mol. The van der Waals surface area contributed by atoms with Gasteiger partial charge in [0.15, 0.2) is 5.58 Å². The van der Waals surface area contributed by atoms with Crippen molar-refractivity contribution in [3.05, 3.63) is 70.5 Å². The van der Waals surface area contributed by atoms with Crippen LogP contribution < -0.4 is 10.9 Å². The molecule has 0 saturated carbocycles. The number of benzene rings is 1. The Morgan fingerprint density at radius 1 is 1.28 bits per heavy atom. The zero-order valence-electron chi connectivity index (χ0n) is 15.0. The lowest BCUT2D eigenvalue weighted by Crippen LogP contribution is -2.36. The summed E-state index contributed by atoms with van der Waals surface area (Å²) in [6, 6.07) is 4.55. The van der Waals surface area contributed by atoms with Gasteiger partial charge in [0.1, 0.15) is 23.5 Å². The fourth-order valence-electron chi connectivity index (χ4n) is 2.86. The largest absolute Gasteiger partial charge is 0.465 e. The summed E-state index contributed by atoms with van der Waals surface area (Å²) < 4.78 is 25.0. The summed E-state index contributed by atoms with van der Waals surface area (Å²) in [5.41, 5.74) is -0.0954. The van der Waals surface area contributed by atoms with Crippen LogP contribution in [-0.2, 0) is 11.3 Å². The van der Waals surface area contributed by atoms with Crippen molar-refractivity contribution in [1.82, 2.24) is 19.9 Å². The maximum absolute atomic E-state index is 14.1. The fourth-order valence-corrected chi connectivity index (χ4v) is 2.86. The summed E-state index contributed by atoms with van der Waals surface area (Å²) in [5.74, 6) is -1.08. The minimum absolute atomic E-state index is 0.0108. The van der Waals surface area contributed by atoms with Crippen LogP contribution in [0.3, 0.4) is 0 Å². The van der Waals surface area contributed by atoms with Crippen LogP contribution in [0.4, 0.5) is 9.18 Å². The normalized spacial score (nSPS) is 11.0. The third kappa shape index (κ3) is 3.20. The Balaban J connectivity index is 1.61. The van der Waals surface area contributed by atoms with Crippen molar-refractivity contribution in [2.45, 2.75) is 6.54 Å². The highest BCUT2D eigenvalue weighted by Gasteiger charge is 2.18. The van der Waals surface area contributed by atoms with Gasteiger partial charge in [0.05, 0.1) is 29.9 Å². The number of hydrogen-bond donors (Lipinski definition) is 1. The van der Waals surface area contributed by atoms with E-state index in [1.165, 1.54) is 31.6 Å². The van der Waals surface area contributed by atoms with Crippen LogP contribution in [0.25, 0.3) is 21.9 Å². The summed E-state index contributed by atoms with van der Waals surface area (Å²) in [4.78, 5) is 44.5. The van der Waals surface area contributed by atoms with E-state index in [1.807, 2.05) is 0 Å². The first-order chi connectivity index (χ1) is 14.0. The molecular weight excluding hydrogens is 383 g/mol. The first kappa shape index (κ1) is 18.3. The number of amides is 1. The number of carbonyl (C=O) groups is 2. The topological polar surface area (TPSA) is 116 Å². The van der Waals surface area contributed by atoms with Crippen LogP contribution in [-0.4, -0.2) is 33.6 Å². The molecule has 0 aliphatic rings. The van der Waals surface area contributed by atoms with E-state index in [9.17, 15) is 18.8 Å². The Kier molecular flexibility index (Phi) is 4.51. The molecule has 1 aromatic carbocycles. The summed E-state index contributed by atoms with van der Waals surface area (Å²) in [7, 11) is 1.20. The molecule has 0 aliphatic carbocycles. The second kappa shape index (κ2) is 7.15. The van der Waals surface area contributed by atoms with Crippen molar-refractivity contribution in [3.63, 3.8) is 0 Å². The highest BCUT2D eigenvalue weighted by Crippen LogP contribution is 2.26. The minimum Gasteiger partial charge on any atom is -0.465 e. The average Bonchev–Trinajstić information content (AvgIpc) is 3.17. The number of halogens is 1. The lowest BCUT2D eigenvalue weighted by atomic mass is 10.1. The number of rotatable bonds is 3. The molecule has 0 atom stereocenters. The van der Waals surface area contributed by atoms with Gasteiger partial charge in [0.2, 0.25) is 0 Å². The van der Waals surface area contributed by atoms with E-state index in [2.05, 4.69) is 20.0 Å². The van der Waals surface area contributed by atoms with Gasteiger partial charge < -0.3 is 14.5 Å². The molecule has 29 heavy (non-hydrogen) atoms. The summed E-state index contributed by atoms with van der Waals surface area (Å²) in [6.07, 6.45) is 3.92.